The third-order valence-corrected chi connectivity index (χ3v) is 3.87. The number of piperazine rings is 1. The van der Waals surface area contributed by atoms with Crippen LogP contribution in [-0.2, 0) is 0 Å². The van der Waals surface area contributed by atoms with E-state index in [0.29, 0.717) is 5.54 Å². The van der Waals surface area contributed by atoms with Crippen LogP contribution < -0.4 is 5.32 Å². The maximum Gasteiger partial charge on any atom is 0.0306 e. The molecule has 84 valence electrons. The first-order chi connectivity index (χ1) is 6.68. The molecule has 1 heterocycles. The van der Waals surface area contributed by atoms with Crippen molar-refractivity contribution in [3.05, 3.63) is 0 Å². The van der Waals surface area contributed by atoms with Crippen molar-refractivity contribution in [2.24, 2.45) is 0 Å². The highest BCUT2D eigenvalue weighted by molar-refractivity contribution is 4.94. The molecule has 1 N–H and O–H groups in total. The Kier molecular flexibility index (Phi) is 4.39. The third-order valence-electron chi connectivity index (χ3n) is 3.87. The Hall–Kier alpha value is -0.0800. The predicted octanol–water partition coefficient (Wildman–Crippen LogP) is 2.25. The van der Waals surface area contributed by atoms with Crippen molar-refractivity contribution in [2.75, 3.05) is 19.6 Å². The summed E-state index contributed by atoms with van der Waals surface area (Å²) in [6, 6.07) is 0.780. The molecule has 1 fully saturated rings. The number of hydrogen-bond acceptors (Lipinski definition) is 2. The normalized spacial score (nSPS) is 29.8. The smallest absolute Gasteiger partial charge is 0.0306 e. The van der Waals surface area contributed by atoms with Gasteiger partial charge in [-0.25, -0.2) is 0 Å². The Balaban J connectivity index is 2.71. The van der Waals surface area contributed by atoms with Crippen LogP contribution in [0.3, 0.4) is 0 Å². The van der Waals surface area contributed by atoms with Crippen molar-refractivity contribution in [3.8, 4) is 0 Å². The molecule has 0 bridgehead atoms. The van der Waals surface area contributed by atoms with Gasteiger partial charge in [0.15, 0.2) is 0 Å². The molecular formula is C12H26N2. The zero-order valence-electron chi connectivity index (χ0n) is 10.3. The molecule has 0 radical (unpaired) electrons. The summed E-state index contributed by atoms with van der Waals surface area (Å²) in [5.74, 6) is 0. The molecule has 2 nitrogen and oxygen atoms in total. The van der Waals surface area contributed by atoms with Crippen LogP contribution in [-0.4, -0.2) is 36.1 Å². The van der Waals surface area contributed by atoms with E-state index in [-0.39, 0.29) is 0 Å². The van der Waals surface area contributed by atoms with Gasteiger partial charge in [0.1, 0.15) is 0 Å². The minimum atomic E-state index is 0.384. The Morgan fingerprint density at radius 3 is 2.43 bits per heavy atom. The van der Waals surface area contributed by atoms with E-state index in [0.717, 1.165) is 19.1 Å². The van der Waals surface area contributed by atoms with Crippen LogP contribution in [0.1, 0.15) is 47.0 Å². The van der Waals surface area contributed by atoms with Crippen LogP contribution in [0.4, 0.5) is 0 Å². The lowest BCUT2D eigenvalue weighted by molar-refractivity contribution is 0.0255. The third kappa shape index (κ3) is 2.29. The summed E-state index contributed by atoms with van der Waals surface area (Å²) in [5.41, 5.74) is 0.384. The molecule has 0 aliphatic carbocycles. The van der Waals surface area contributed by atoms with E-state index in [1.54, 1.807) is 0 Å². The number of rotatable bonds is 4. The van der Waals surface area contributed by atoms with E-state index in [1.807, 2.05) is 0 Å². The van der Waals surface area contributed by atoms with Gasteiger partial charge in [-0.15, -0.1) is 0 Å². The van der Waals surface area contributed by atoms with Crippen LogP contribution >= 0.6 is 0 Å². The minimum Gasteiger partial charge on any atom is -0.314 e. The van der Waals surface area contributed by atoms with Crippen molar-refractivity contribution >= 4 is 0 Å². The summed E-state index contributed by atoms with van der Waals surface area (Å²) >= 11 is 0. The average Bonchev–Trinajstić information content (AvgIpc) is 2.23. The first kappa shape index (κ1) is 12.0. The zero-order chi connectivity index (χ0) is 10.6. The topological polar surface area (TPSA) is 15.3 Å². The fraction of sp³-hybridized carbons (Fsp3) is 1.00. The molecular weight excluding hydrogens is 172 g/mol. The molecule has 0 spiro atoms. The van der Waals surface area contributed by atoms with Gasteiger partial charge in [-0.3, -0.25) is 4.90 Å². The lowest BCUT2D eigenvalue weighted by atomic mass is 9.91. The van der Waals surface area contributed by atoms with Gasteiger partial charge in [0.2, 0.25) is 0 Å². The van der Waals surface area contributed by atoms with Gasteiger partial charge < -0.3 is 5.32 Å². The van der Waals surface area contributed by atoms with Crippen molar-refractivity contribution < 1.29 is 0 Å². The lowest BCUT2D eigenvalue weighted by Crippen LogP contribution is -2.62. The lowest BCUT2D eigenvalue weighted by Gasteiger charge is -2.48. The summed E-state index contributed by atoms with van der Waals surface area (Å²) in [6.07, 6.45) is 3.81. The summed E-state index contributed by atoms with van der Waals surface area (Å²) in [5, 5.41) is 3.52. The van der Waals surface area contributed by atoms with Crippen LogP contribution in [0, 0.1) is 0 Å². The van der Waals surface area contributed by atoms with E-state index < -0.39 is 0 Å². The standard InChI is InChI=1S/C12H26N2/c1-5-11(6-2)14-9-8-13-10-12(14,4)7-3/h11,13H,5-10H2,1-4H3. The first-order valence-corrected chi connectivity index (χ1v) is 6.15. The maximum atomic E-state index is 3.52. The number of hydrogen-bond donors (Lipinski definition) is 1. The number of nitrogens with one attached hydrogen (secondary N) is 1. The van der Waals surface area contributed by atoms with Crippen molar-refractivity contribution in [3.63, 3.8) is 0 Å². The molecule has 1 aliphatic heterocycles. The van der Waals surface area contributed by atoms with Crippen molar-refractivity contribution in [2.45, 2.75) is 58.5 Å². The number of nitrogens with zero attached hydrogens (tertiary/aromatic N) is 1. The molecule has 0 saturated carbocycles. The Labute approximate surface area is 89.1 Å². The van der Waals surface area contributed by atoms with Crippen molar-refractivity contribution in [1.29, 1.82) is 0 Å². The molecule has 0 aromatic rings. The van der Waals surface area contributed by atoms with E-state index in [1.165, 1.54) is 25.8 Å². The molecule has 1 rings (SSSR count). The molecule has 0 amide bonds. The molecule has 2 heteroatoms. The highest BCUT2D eigenvalue weighted by Gasteiger charge is 2.35. The molecule has 14 heavy (non-hydrogen) atoms. The second-order valence-corrected chi connectivity index (χ2v) is 4.69. The zero-order valence-corrected chi connectivity index (χ0v) is 10.3. The van der Waals surface area contributed by atoms with Crippen molar-refractivity contribution in [1.82, 2.24) is 10.2 Å². The quantitative estimate of drug-likeness (QED) is 0.745. The molecule has 0 aromatic heterocycles. The first-order valence-electron chi connectivity index (χ1n) is 6.15. The van der Waals surface area contributed by atoms with Gasteiger partial charge in [0.25, 0.3) is 0 Å². The molecule has 0 aromatic carbocycles. The van der Waals surface area contributed by atoms with Gasteiger partial charge in [0, 0.05) is 31.2 Å². The van der Waals surface area contributed by atoms with Gasteiger partial charge in [-0.2, -0.15) is 0 Å². The largest absolute Gasteiger partial charge is 0.314 e. The van der Waals surface area contributed by atoms with Crippen LogP contribution in [0.2, 0.25) is 0 Å². The Bertz CT molecular complexity index is 166. The van der Waals surface area contributed by atoms with E-state index in [4.69, 9.17) is 0 Å². The molecule has 1 saturated heterocycles. The predicted molar refractivity (Wildman–Crippen MR) is 62.6 cm³/mol. The van der Waals surface area contributed by atoms with Crippen LogP contribution in [0.15, 0.2) is 0 Å². The molecule has 1 aliphatic rings. The summed E-state index contributed by atoms with van der Waals surface area (Å²) in [6.45, 7) is 12.9. The van der Waals surface area contributed by atoms with Gasteiger partial charge in [-0.1, -0.05) is 20.8 Å². The summed E-state index contributed by atoms with van der Waals surface area (Å²) in [7, 11) is 0. The minimum absolute atomic E-state index is 0.384. The van der Waals surface area contributed by atoms with Crippen LogP contribution in [0.5, 0.6) is 0 Å². The average molecular weight is 198 g/mol. The van der Waals surface area contributed by atoms with E-state index in [9.17, 15) is 0 Å². The Morgan fingerprint density at radius 2 is 1.93 bits per heavy atom. The fourth-order valence-corrected chi connectivity index (χ4v) is 2.61. The second kappa shape index (κ2) is 5.13. The highest BCUT2D eigenvalue weighted by Crippen LogP contribution is 2.25. The van der Waals surface area contributed by atoms with E-state index >= 15 is 0 Å². The fourth-order valence-electron chi connectivity index (χ4n) is 2.61. The second-order valence-electron chi connectivity index (χ2n) is 4.69. The SMILES string of the molecule is CCC(CC)N1CCNCC1(C)CC. The van der Waals surface area contributed by atoms with Gasteiger partial charge in [0.05, 0.1) is 0 Å². The highest BCUT2D eigenvalue weighted by atomic mass is 15.3. The molecule has 1 unspecified atom stereocenters. The van der Waals surface area contributed by atoms with Gasteiger partial charge >= 0.3 is 0 Å². The maximum absolute atomic E-state index is 3.52. The summed E-state index contributed by atoms with van der Waals surface area (Å²) < 4.78 is 0. The molecule has 1 atom stereocenters. The monoisotopic (exact) mass is 198 g/mol. The van der Waals surface area contributed by atoms with Gasteiger partial charge in [-0.05, 0) is 26.2 Å². The Morgan fingerprint density at radius 1 is 1.29 bits per heavy atom. The summed E-state index contributed by atoms with van der Waals surface area (Å²) in [4.78, 5) is 2.73. The van der Waals surface area contributed by atoms with Crippen LogP contribution in [0.25, 0.3) is 0 Å². The van der Waals surface area contributed by atoms with E-state index in [2.05, 4.69) is 37.9 Å².